The lowest BCUT2D eigenvalue weighted by atomic mass is 9.95. The summed E-state index contributed by atoms with van der Waals surface area (Å²) in [6.07, 6.45) is 1.66. The molecule has 0 aliphatic rings. The van der Waals surface area contributed by atoms with Gasteiger partial charge in [0.2, 0.25) is 0 Å². The predicted molar refractivity (Wildman–Crippen MR) is 45.1 cm³/mol. The Balaban J connectivity index is 3.50. The van der Waals surface area contributed by atoms with Crippen molar-refractivity contribution in [2.75, 3.05) is 7.11 Å². The molecule has 0 aromatic heterocycles. The van der Waals surface area contributed by atoms with Crippen molar-refractivity contribution in [3.05, 3.63) is 0 Å². The SMILES string of the molecule is COC(C)[C@H](C)CC(C)C. The maximum Gasteiger partial charge on any atom is 0.0568 e. The van der Waals surface area contributed by atoms with Gasteiger partial charge in [-0.05, 0) is 25.2 Å². The zero-order valence-corrected chi connectivity index (χ0v) is 7.85. The fourth-order valence-electron chi connectivity index (χ4n) is 1.17. The molecule has 1 nitrogen and oxygen atoms in total. The molecule has 2 atom stereocenters. The summed E-state index contributed by atoms with van der Waals surface area (Å²) < 4.78 is 5.21. The quantitative estimate of drug-likeness (QED) is 0.589. The Morgan fingerprint density at radius 2 is 1.60 bits per heavy atom. The number of hydrogen-bond donors (Lipinski definition) is 0. The third-order valence-corrected chi connectivity index (χ3v) is 2.02. The molecule has 0 aliphatic carbocycles. The van der Waals surface area contributed by atoms with E-state index in [9.17, 15) is 0 Å². The number of ether oxygens (including phenoxy) is 1. The van der Waals surface area contributed by atoms with Crippen LogP contribution in [0.15, 0.2) is 0 Å². The van der Waals surface area contributed by atoms with Crippen LogP contribution < -0.4 is 0 Å². The van der Waals surface area contributed by atoms with Crippen LogP contribution in [0.2, 0.25) is 0 Å². The maximum atomic E-state index is 5.21. The minimum atomic E-state index is 0.405. The van der Waals surface area contributed by atoms with Crippen LogP contribution in [0.3, 0.4) is 0 Å². The molecule has 0 aromatic carbocycles. The van der Waals surface area contributed by atoms with Gasteiger partial charge in [0, 0.05) is 7.11 Å². The highest BCUT2D eigenvalue weighted by atomic mass is 16.5. The lowest BCUT2D eigenvalue weighted by Gasteiger charge is -2.19. The molecule has 0 saturated carbocycles. The highest BCUT2D eigenvalue weighted by Crippen LogP contribution is 2.15. The molecule has 0 amide bonds. The fraction of sp³-hybridized carbons (Fsp3) is 1.00. The van der Waals surface area contributed by atoms with Crippen LogP contribution in [0, 0.1) is 11.8 Å². The van der Waals surface area contributed by atoms with E-state index in [1.165, 1.54) is 6.42 Å². The zero-order chi connectivity index (χ0) is 8.15. The van der Waals surface area contributed by atoms with Crippen molar-refractivity contribution in [1.29, 1.82) is 0 Å². The van der Waals surface area contributed by atoms with Crippen LogP contribution in [0.1, 0.15) is 34.1 Å². The molecule has 0 aliphatic heterocycles. The van der Waals surface area contributed by atoms with E-state index in [0.717, 1.165) is 5.92 Å². The molecule has 0 saturated heterocycles. The zero-order valence-electron chi connectivity index (χ0n) is 7.85. The Bertz CT molecular complexity index is 78.8. The number of methoxy groups -OCH3 is 1. The van der Waals surface area contributed by atoms with Crippen LogP contribution in [0.5, 0.6) is 0 Å². The molecule has 0 N–H and O–H groups in total. The Labute approximate surface area is 64.8 Å². The van der Waals surface area contributed by atoms with Gasteiger partial charge in [-0.15, -0.1) is 0 Å². The molecule has 10 heavy (non-hydrogen) atoms. The lowest BCUT2D eigenvalue weighted by molar-refractivity contribution is 0.0654. The molecule has 0 rings (SSSR count). The van der Waals surface area contributed by atoms with E-state index >= 15 is 0 Å². The summed E-state index contributed by atoms with van der Waals surface area (Å²) in [7, 11) is 1.78. The third-order valence-electron chi connectivity index (χ3n) is 2.02. The molecule has 0 heterocycles. The van der Waals surface area contributed by atoms with Gasteiger partial charge in [0.15, 0.2) is 0 Å². The Morgan fingerprint density at radius 3 is 1.90 bits per heavy atom. The molecule has 0 spiro atoms. The monoisotopic (exact) mass is 144 g/mol. The molecular formula is C9H20O. The van der Waals surface area contributed by atoms with Crippen molar-refractivity contribution >= 4 is 0 Å². The van der Waals surface area contributed by atoms with E-state index in [-0.39, 0.29) is 0 Å². The van der Waals surface area contributed by atoms with E-state index in [0.29, 0.717) is 12.0 Å². The smallest absolute Gasteiger partial charge is 0.0568 e. The van der Waals surface area contributed by atoms with Gasteiger partial charge in [0.1, 0.15) is 0 Å². The molecule has 62 valence electrons. The highest BCUT2D eigenvalue weighted by molar-refractivity contribution is 4.62. The van der Waals surface area contributed by atoms with Crippen molar-refractivity contribution in [3.8, 4) is 0 Å². The summed E-state index contributed by atoms with van der Waals surface area (Å²) >= 11 is 0. The van der Waals surface area contributed by atoms with Crippen LogP contribution in [-0.2, 0) is 4.74 Å². The second-order valence-corrected chi connectivity index (χ2v) is 3.55. The average Bonchev–Trinajstić information content (AvgIpc) is 1.85. The molecule has 1 heteroatoms. The van der Waals surface area contributed by atoms with E-state index in [1.807, 2.05) is 0 Å². The number of rotatable bonds is 4. The van der Waals surface area contributed by atoms with Crippen LogP contribution in [-0.4, -0.2) is 13.2 Å². The summed E-state index contributed by atoms with van der Waals surface area (Å²) in [6, 6.07) is 0. The van der Waals surface area contributed by atoms with Crippen LogP contribution in [0.25, 0.3) is 0 Å². The molecule has 0 bridgehead atoms. The summed E-state index contributed by atoms with van der Waals surface area (Å²) in [4.78, 5) is 0. The van der Waals surface area contributed by atoms with E-state index < -0.39 is 0 Å². The molecular weight excluding hydrogens is 124 g/mol. The van der Waals surface area contributed by atoms with Gasteiger partial charge in [0.25, 0.3) is 0 Å². The average molecular weight is 144 g/mol. The maximum absolute atomic E-state index is 5.21. The van der Waals surface area contributed by atoms with E-state index in [4.69, 9.17) is 4.74 Å². The van der Waals surface area contributed by atoms with Gasteiger partial charge in [-0.25, -0.2) is 0 Å². The second kappa shape index (κ2) is 4.73. The van der Waals surface area contributed by atoms with Crippen molar-refractivity contribution < 1.29 is 4.74 Å². The van der Waals surface area contributed by atoms with Gasteiger partial charge >= 0.3 is 0 Å². The topological polar surface area (TPSA) is 9.23 Å². The Morgan fingerprint density at radius 1 is 1.10 bits per heavy atom. The van der Waals surface area contributed by atoms with Crippen molar-refractivity contribution in [3.63, 3.8) is 0 Å². The molecule has 0 radical (unpaired) electrons. The Kier molecular flexibility index (Phi) is 4.71. The van der Waals surface area contributed by atoms with Gasteiger partial charge in [0.05, 0.1) is 6.10 Å². The van der Waals surface area contributed by atoms with E-state index in [1.54, 1.807) is 7.11 Å². The van der Waals surface area contributed by atoms with Crippen molar-refractivity contribution in [1.82, 2.24) is 0 Å². The van der Waals surface area contributed by atoms with Gasteiger partial charge in [-0.1, -0.05) is 20.8 Å². The molecule has 0 aromatic rings. The predicted octanol–water partition coefficient (Wildman–Crippen LogP) is 2.70. The third kappa shape index (κ3) is 3.89. The lowest BCUT2D eigenvalue weighted by Crippen LogP contribution is -2.17. The second-order valence-electron chi connectivity index (χ2n) is 3.55. The van der Waals surface area contributed by atoms with Gasteiger partial charge in [-0.3, -0.25) is 0 Å². The van der Waals surface area contributed by atoms with Gasteiger partial charge < -0.3 is 4.74 Å². The molecule has 0 fully saturated rings. The first kappa shape index (κ1) is 9.96. The summed E-state index contributed by atoms with van der Waals surface area (Å²) in [5.74, 6) is 1.47. The first-order valence-electron chi connectivity index (χ1n) is 4.10. The van der Waals surface area contributed by atoms with E-state index in [2.05, 4.69) is 27.7 Å². The largest absolute Gasteiger partial charge is 0.381 e. The molecule has 1 unspecified atom stereocenters. The van der Waals surface area contributed by atoms with Crippen molar-refractivity contribution in [2.24, 2.45) is 11.8 Å². The van der Waals surface area contributed by atoms with Crippen molar-refractivity contribution in [2.45, 2.75) is 40.2 Å². The standard InChI is InChI=1S/C9H20O/c1-7(2)6-8(3)9(4)10-5/h7-9H,6H2,1-5H3/t8-,9?/m1/s1. The minimum absolute atomic E-state index is 0.405. The normalized spacial score (nSPS) is 17.4. The highest BCUT2D eigenvalue weighted by Gasteiger charge is 2.11. The summed E-state index contributed by atoms with van der Waals surface area (Å²) in [6.45, 7) is 8.87. The number of hydrogen-bond acceptors (Lipinski definition) is 1. The van der Waals surface area contributed by atoms with Gasteiger partial charge in [-0.2, -0.15) is 0 Å². The first-order chi connectivity index (χ1) is 4.57. The van der Waals surface area contributed by atoms with Crippen LogP contribution >= 0.6 is 0 Å². The Hall–Kier alpha value is -0.0400. The fourth-order valence-corrected chi connectivity index (χ4v) is 1.17. The summed E-state index contributed by atoms with van der Waals surface area (Å²) in [5, 5.41) is 0. The van der Waals surface area contributed by atoms with Crippen LogP contribution in [0.4, 0.5) is 0 Å². The first-order valence-corrected chi connectivity index (χ1v) is 4.10. The summed E-state index contributed by atoms with van der Waals surface area (Å²) in [5.41, 5.74) is 0. The minimum Gasteiger partial charge on any atom is -0.381 e.